The van der Waals surface area contributed by atoms with Gasteiger partial charge in [0.25, 0.3) is 0 Å². The van der Waals surface area contributed by atoms with Gasteiger partial charge in [-0.2, -0.15) is 0 Å². The van der Waals surface area contributed by atoms with Crippen LogP contribution in [0.15, 0.2) is 22.8 Å². The van der Waals surface area contributed by atoms with Gasteiger partial charge in [0.15, 0.2) is 0 Å². The van der Waals surface area contributed by atoms with Crippen molar-refractivity contribution in [2.24, 2.45) is 5.41 Å². The van der Waals surface area contributed by atoms with Crippen LogP contribution in [0.5, 0.6) is 0 Å². The van der Waals surface area contributed by atoms with E-state index in [0.29, 0.717) is 6.54 Å². The maximum atomic E-state index is 11.9. The maximum Gasteiger partial charge on any atom is 0.227 e. The first kappa shape index (κ1) is 10.2. The molecule has 1 aliphatic heterocycles. The molecular weight excluding hydrogens is 192 g/mol. The zero-order valence-electron chi connectivity index (χ0n) is 8.88. The summed E-state index contributed by atoms with van der Waals surface area (Å²) in [7, 11) is 0. The summed E-state index contributed by atoms with van der Waals surface area (Å²) in [5.74, 6) is 0.891. The second kappa shape index (κ2) is 4.06. The molecule has 0 spiro atoms. The highest BCUT2D eigenvalue weighted by atomic mass is 16.3. The molecule has 0 aromatic carbocycles. The summed E-state index contributed by atoms with van der Waals surface area (Å²) in [5.41, 5.74) is -0.257. The van der Waals surface area contributed by atoms with Crippen molar-refractivity contribution in [2.45, 2.75) is 19.9 Å². The average Bonchev–Trinajstić information content (AvgIpc) is 2.85. The summed E-state index contributed by atoms with van der Waals surface area (Å²) in [5, 5.41) is 6.10. The Morgan fingerprint density at radius 1 is 1.73 bits per heavy atom. The van der Waals surface area contributed by atoms with Crippen LogP contribution in [0, 0.1) is 5.41 Å². The molecule has 15 heavy (non-hydrogen) atoms. The normalized spacial score (nSPS) is 25.4. The number of carbonyl (C=O) groups excluding carboxylic acids is 1. The molecular formula is C11H16N2O2. The fourth-order valence-electron chi connectivity index (χ4n) is 1.80. The van der Waals surface area contributed by atoms with Gasteiger partial charge in [0, 0.05) is 6.54 Å². The molecule has 2 rings (SSSR count). The van der Waals surface area contributed by atoms with Gasteiger partial charge in [-0.1, -0.05) is 0 Å². The molecule has 1 atom stereocenters. The van der Waals surface area contributed by atoms with E-state index in [2.05, 4.69) is 10.6 Å². The van der Waals surface area contributed by atoms with Gasteiger partial charge in [-0.25, -0.2) is 0 Å². The van der Waals surface area contributed by atoms with E-state index in [-0.39, 0.29) is 11.3 Å². The first-order valence-electron chi connectivity index (χ1n) is 5.22. The number of furan rings is 1. The van der Waals surface area contributed by atoms with Crippen molar-refractivity contribution in [1.82, 2.24) is 10.6 Å². The fraction of sp³-hybridized carbons (Fsp3) is 0.545. The van der Waals surface area contributed by atoms with Crippen molar-refractivity contribution >= 4 is 5.91 Å². The highest BCUT2D eigenvalue weighted by molar-refractivity contribution is 5.82. The van der Waals surface area contributed by atoms with E-state index in [4.69, 9.17) is 4.42 Å². The predicted octanol–water partition coefficient (Wildman–Crippen LogP) is 0.895. The SMILES string of the molecule is CC1(C(=O)NCc2ccco2)CCNC1. The third-order valence-corrected chi connectivity index (χ3v) is 2.92. The zero-order valence-corrected chi connectivity index (χ0v) is 8.88. The van der Waals surface area contributed by atoms with Crippen molar-refractivity contribution in [3.05, 3.63) is 24.2 Å². The van der Waals surface area contributed by atoms with Crippen LogP contribution >= 0.6 is 0 Å². The van der Waals surface area contributed by atoms with Gasteiger partial charge in [0.05, 0.1) is 18.2 Å². The standard InChI is InChI=1S/C11H16N2O2/c1-11(4-5-12-8-11)10(14)13-7-9-3-2-6-15-9/h2-3,6,12H,4-5,7-8H2,1H3,(H,13,14). The molecule has 0 bridgehead atoms. The highest BCUT2D eigenvalue weighted by Crippen LogP contribution is 2.24. The summed E-state index contributed by atoms with van der Waals surface area (Å²) >= 11 is 0. The third kappa shape index (κ3) is 2.21. The Bertz CT molecular complexity index is 326. The van der Waals surface area contributed by atoms with Gasteiger partial charge in [-0.3, -0.25) is 4.79 Å². The molecule has 4 heteroatoms. The summed E-state index contributed by atoms with van der Waals surface area (Å²) in [6.45, 7) is 4.15. The van der Waals surface area contributed by atoms with Crippen LogP contribution in [-0.4, -0.2) is 19.0 Å². The number of nitrogens with one attached hydrogen (secondary N) is 2. The van der Waals surface area contributed by atoms with Crippen LogP contribution in [0.2, 0.25) is 0 Å². The minimum Gasteiger partial charge on any atom is -0.467 e. The number of rotatable bonds is 3. The Morgan fingerprint density at radius 3 is 3.20 bits per heavy atom. The van der Waals surface area contributed by atoms with E-state index in [1.54, 1.807) is 6.26 Å². The van der Waals surface area contributed by atoms with E-state index >= 15 is 0 Å². The first-order valence-corrected chi connectivity index (χ1v) is 5.22. The highest BCUT2D eigenvalue weighted by Gasteiger charge is 2.35. The second-order valence-electron chi connectivity index (χ2n) is 4.25. The van der Waals surface area contributed by atoms with E-state index in [9.17, 15) is 4.79 Å². The van der Waals surface area contributed by atoms with Gasteiger partial charge in [-0.15, -0.1) is 0 Å². The van der Waals surface area contributed by atoms with Crippen LogP contribution in [0.3, 0.4) is 0 Å². The van der Waals surface area contributed by atoms with E-state index in [1.807, 2.05) is 19.1 Å². The number of carbonyl (C=O) groups is 1. The topological polar surface area (TPSA) is 54.3 Å². The van der Waals surface area contributed by atoms with Gasteiger partial charge >= 0.3 is 0 Å². The third-order valence-electron chi connectivity index (χ3n) is 2.92. The predicted molar refractivity (Wildman–Crippen MR) is 56.1 cm³/mol. The molecule has 1 saturated heterocycles. The van der Waals surface area contributed by atoms with Gasteiger partial charge in [0.1, 0.15) is 5.76 Å². The van der Waals surface area contributed by atoms with E-state index < -0.39 is 0 Å². The molecule has 2 heterocycles. The molecule has 1 fully saturated rings. The average molecular weight is 208 g/mol. The van der Waals surface area contributed by atoms with Crippen molar-refractivity contribution in [3.63, 3.8) is 0 Å². The molecule has 2 N–H and O–H groups in total. The van der Waals surface area contributed by atoms with Crippen LogP contribution in [0.1, 0.15) is 19.1 Å². The fourth-order valence-corrected chi connectivity index (χ4v) is 1.80. The lowest BCUT2D eigenvalue weighted by Crippen LogP contribution is -2.39. The summed E-state index contributed by atoms with van der Waals surface area (Å²) in [6.07, 6.45) is 2.51. The van der Waals surface area contributed by atoms with Gasteiger partial charge < -0.3 is 15.1 Å². The van der Waals surface area contributed by atoms with Gasteiger partial charge in [0.2, 0.25) is 5.91 Å². The largest absolute Gasteiger partial charge is 0.467 e. The lowest BCUT2D eigenvalue weighted by molar-refractivity contribution is -0.129. The monoisotopic (exact) mass is 208 g/mol. The zero-order chi connectivity index (χ0) is 10.7. The van der Waals surface area contributed by atoms with Crippen LogP contribution in [0.25, 0.3) is 0 Å². The lowest BCUT2D eigenvalue weighted by atomic mass is 9.89. The molecule has 1 amide bonds. The Kier molecular flexibility index (Phi) is 2.77. The van der Waals surface area contributed by atoms with Crippen LogP contribution in [-0.2, 0) is 11.3 Å². The molecule has 0 aliphatic carbocycles. The molecule has 4 nitrogen and oxygen atoms in total. The Morgan fingerprint density at radius 2 is 2.60 bits per heavy atom. The first-order chi connectivity index (χ1) is 7.21. The van der Waals surface area contributed by atoms with Crippen molar-refractivity contribution in [1.29, 1.82) is 0 Å². The van der Waals surface area contributed by atoms with Crippen molar-refractivity contribution in [2.75, 3.05) is 13.1 Å². The Labute approximate surface area is 89.0 Å². The summed E-state index contributed by atoms with van der Waals surface area (Å²) < 4.78 is 5.15. The molecule has 1 unspecified atom stereocenters. The minimum absolute atomic E-state index is 0.101. The summed E-state index contributed by atoms with van der Waals surface area (Å²) in [6, 6.07) is 3.68. The minimum atomic E-state index is -0.257. The Hall–Kier alpha value is -1.29. The maximum absolute atomic E-state index is 11.9. The molecule has 1 aliphatic rings. The smallest absolute Gasteiger partial charge is 0.227 e. The molecule has 0 radical (unpaired) electrons. The van der Waals surface area contributed by atoms with Crippen LogP contribution in [0.4, 0.5) is 0 Å². The second-order valence-corrected chi connectivity index (χ2v) is 4.25. The molecule has 0 saturated carbocycles. The quantitative estimate of drug-likeness (QED) is 0.775. The lowest BCUT2D eigenvalue weighted by Gasteiger charge is -2.20. The summed E-state index contributed by atoms with van der Waals surface area (Å²) in [4.78, 5) is 11.9. The Balaban J connectivity index is 1.87. The van der Waals surface area contributed by atoms with Gasteiger partial charge in [-0.05, 0) is 32.0 Å². The van der Waals surface area contributed by atoms with Crippen molar-refractivity contribution < 1.29 is 9.21 Å². The molecule has 1 aromatic rings. The molecule has 82 valence electrons. The number of hydrogen-bond donors (Lipinski definition) is 2. The number of hydrogen-bond acceptors (Lipinski definition) is 3. The molecule has 1 aromatic heterocycles. The van der Waals surface area contributed by atoms with Crippen molar-refractivity contribution in [3.8, 4) is 0 Å². The van der Waals surface area contributed by atoms with E-state index in [1.165, 1.54) is 0 Å². The van der Waals surface area contributed by atoms with E-state index in [0.717, 1.165) is 25.3 Å². The van der Waals surface area contributed by atoms with Crippen LogP contribution < -0.4 is 10.6 Å². The number of amides is 1.